The van der Waals surface area contributed by atoms with Crippen LogP contribution < -0.4 is 16.2 Å². The molecule has 0 saturated carbocycles. The largest absolute Gasteiger partial charge is 0.354 e. The number of anilines is 2. The molecule has 3 heterocycles. The Balaban J connectivity index is 2.05. The molecule has 5 nitrogen and oxygen atoms in total. The molecule has 2 aromatic rings. The average Bonchev–Trinajstić information content (AvgIpc) is 2.85. The van der Waals surface area contributed by atoms with Gasteiger partial charge >= 0.3 is 0 Å². The van der Waals surface area contributed by atoms with Gasteiger partial charge < -0.3 is 4.90 Å². The monoisotopic (exact) mass is 281 g/mol. The van der Waals surface area contributed by atoms with E-state index in [4.69, 9.17) is 5.84 Å². The molecule has 7 heteroatoms. The van der Waals surface area contributed by atoms with Crippen LogP contribution in [0.2, 0.25) is 0 Å². The molecular weight excluding hydrogens is 266 g/mol. The van der Waals surface area contributed by atoms with Crippen molar-refractivity contribution in [3.05, 3.63) is 11.4 Å². The Morgan fingerprint density at radius 2 is 2.39 bits per heavy atom. The zero-order valence-corrected chi connectivity index (χ0v) is 11.7. The SMILES string of the molecule is CC1CN(c2nc(NN)nc3sccc23)CCS1. The summed E-state index contributed by atoms with van der Waals surface area (Å²) in [5, 5.41) is 3.81. The molecule has 1 saturated heterocycles. The Hall–Kier alpha value is -1.05. The van der Waals surface area contributed by atoms with E-state index in [-0.39, 0.29) is 0 Å². The molecule has 18 heavy (non-hydrogen) atoms. The van der Waals surface area contributed by atoms with Crippen LogP contribution in [0.4, 0.5) is 11.8 Å². The van der Waals surface area contributed by atoms with Crippen molar-refractivity contribution in [1.29, 1.82) is 0 Å². The van der Waals surface area contributed by atoms with Gasteiger partial charge in [0.25, 0.3) is 0 Å². The normalized spacial score (nSPS) is 20.3. The van der Waals surface area contributed by atoms with Crippen LogP contribution >= 0.6 is 23.1 Å². The van der Waals surface area contributed by atoms with Crippen molar-refractivity contribution in [2.45, 2.75) is 12.2 Å². The number of fused-ring (bicyclic) bond motifs is 1. The third-order valence-electron chi connectivity index (χ3n) is 2.97. The topological polar surface area (TPSA) is 67.1 Å². The first-order valence-corrected chi connectivity index (χ1v) is 7.79. The minimum Gasteiger partial charge on any atom is -0.354 e. The summed E-state index contributed by atoms with van der Waals surface area (Å²) in [5.41, 5.74) is 2.55. The lowest BCUT2D eigenvalue weighted by Crippen LogP contribution is -2.37. The van der Waals surface area contributed by atoms with E-state index in [1.54, 1.807) is 11.3 Å². The van der Waals surface area contributed by atoms with Gasteiger partial charge in [-0.1, -0.05) is 6.92 Å². The van der Waals surface area contributed by atoms with Crippen molar-refractivity contribution in [2.75, 3.05) is 29.2 Å². The zero-order chi connectivity index (χ0) is 12.5. The molecular formula is C11H15N5S2. The summed E-state index contributed by atoms with van der Waals surface area (Å²) in [6.45, 7) is 4.31. The van der Waals surface area contributed by atoms with Gasteiger partial charge in [-0.15, -0.1) is 11.3 Å². The Labute approximate surface area is 114 Å². The smallest absolute Gasteiger partial charge is 0.240 e. The van der Waals surface area contributed by atoms with E-state index in [9.17, 15) is 0 Å². The fourth-order valence-electron chi connectivity index (χ4n) is 2.16. The number of nitrogens with zero attached hydrogens (tertiary/aromatic N) is 3. The molecule has 0 bridgehead atoms. The van der Waals surface area contributed by atoms with Crippen LogP contribution in [0.25, 0.3) is 10.2 Å². The van der Waals surface area contributed by atoms with Crippen molar-refractivity contribution < 1.29 is 0 Å². The maximum absolute atomic E-state index is 5.44. The summed E-state index contributed by atoms with van der Waals surface area (Å²) in [6.07, 6.45) is 0. The first-order chi connectivity index (χ1) is 8.78. The number of hydrogen-bond acceptors (Lipinski definition) is 7. The van der Waals surface area contributed by atoms with Crippen LogP contribution in [0.3, 0.4) is 0 Å². The molecule has 0 amide bonds. The fourth-order valence-corrected chi connectivity index (χ4v) is 3.93. The molecule has 3 N–H and O–H groups in total. The number of thioether (sulfide) groups is 1. The minimum absolute atomic E-state index is 0.492. The van der Waals surface area contributed by atoms with Crippen molar-refractivity contribution >= 4 is 45.1 Å². The van der Waals surface area contributed by atoms with E-state index in [2.05, 4.69) is 33.3 Å². The predicted molar refractivity (Wildman–Crippen MR) is 79.4 cm³/mol. The van der Waals surface area contributed by atoms with Gasteiger partial charge in [-0.25, -0.2) is 10.8 Å². The van der Waals surface area contributed by atoms with E-state index in [0.29, 0.717) is 11.2 Å². The third kappa shape index (κ3) is 2.13. The number of thiophene rings is 1. The van der Waals surface area contributed by atoms with E-state index in [1.807, 2.05) is 17.1 Å². The highest BCUT2D eigenvalue weighted by atomic mass is 32.2. The van der Waals surface area contributed by atoms with Crippen LogP contribution in [0.5, 0.6) is 0 Å². The number of nitrogen functional groups attached to an aromatic ring is 1. The molecule has 0 radical (unpaired) electrons. The van der Waals surface area contributed by atoms with Crippen molar-refractivity contribution in [1.82, 2.24) is 9.97 Å². The fraction of sp³-hybridized carbons (Fsp3) is 0.455. The number of aromatic nitrogens is 2. The highest BCUT2D eigenvalue weighted by Gasteiger charge is 2.21. The number of nitrogens with one attached hydrogen (secondary N) is 1. The molecule has 0 spiro atoms. The summed E-state index contributed by atoms with van der Waals surface area (Å²) in [7, 11) is 0. The van der Waals surface area contributed by atoms with E-state index in [1.165, 1.54) is 0 Å². The summed E-state index contributed by atoms with van der Waals surface area (Å²) >= 11 is 3.63. The van der Waals surface area contributed by atoms with Gasteiger partial charge in [0.1, 0.15) is 10.6 Å². The maximum atomic E-state index is 5.44. The summed E-state index contributed by atoms with van der Waals surface area (Å²) in [4.78, 5) is 12.2. The van der Waals surface area contributed by atoms with Crippen molar-refractivity contribution in [3.63, 3.8) is 0 Å². The lowest BCUT2D eigenvalue weighted by atomic mass is 10.3. The van der Waals surface area contributed by atoms with Crippen LogP contribution in [-0.4, -0.2) is 34.1 Å². The second-order valence-electron chi connectivity index (χ2n) is 4.28. The van der Waals surface area contributed by atoms with E-state index >= 15 is 0 Å². The van der Waals surface area contributed by atoms with E-state index in [0.717, 1.165) is 34.9 Å². The molecule has 1 aliphatic rings. The second kappa shape index (κ2) is 4.91. The second-order valence-corrected chi connectivity index (χ2v) is 6.72. The average molecular weight is 281 g/mol. The van der Waals surface area contributed by atoms with Crippen LogP contribution in [0.15, 0.2) is 11.4 Å². The quantitative estimate of drug-likeness (QED) is 0.647. The number of hydrazine groups is 1. The lowest BCUT2D eigenvalue weighted by molar-refractivity contribution is 0.773. The Morgan fingerprint density at radius 1 is 1.50 bits per heavy atom. The first kappa shape index (κ1) is 12.0. The Bertz CT molecular complexity index is 555. The number of hydrogen-bond donors (Lipinski definition) is 2. The molecule has 1 unspecified atom stereocenters. The van der Waals surface area contributed by atoms with Crippen LogP contribution in [0.1, 0.15) is 6.92 Å². The number of nitrogens with two attached hydrogens (primary N) is 1. The third-order valence-corrected chi connectivity index (χ3v) is 4.92. The summed E-state index contributed by atoms with van der Waals surface area (Å²) < 4.78 is 0. The molecule has 1 aliphatic heterocycles. The number of rotatable bonds is 2. The van der Waals surface area contributed by atoms with Gasteiger partial charge in [0.15, 0.2) is 0 Å². The molecule has 1 atom stereocenters. The van der Waals surface area contributed by atoms with Gasteiger partial charge in [0, 0.05) is 24.1 Å². The van der Waals surface area contributed by atoms with Gasteiger partial charge in [-0.3, -0.25) is 5.43 Å². The van der Waals surface area contributed by atoms with Gasteiger partial charge in [0.2, 0.25) is 5.95 Å². The van der Waals surface area contributed by atoms with Gasteiger partial charge in [0.05, 0.1) is 5.39 Å². The summed E-state index contributed by atoms with van der Waals surface area (Å²) in [5.74, 6) is 8.08. The minimum atomic E-state index is 0.492. The highest BCUT2D eigenvalue weighted by molar-refractivity contribution is 8.00. The Morgan fingerprint density at radius 3 is 3.17 bits per heavy atom. The van der Waals surface area contributed by atoms with E-state index < -0.39 is 0 Å². The molecule has 96 valence electrons. The van der Waals surface area contributed by atoms with Gasteiger partial charge in [-0.2, -0.15) is 16.7 Å². The highest BCUT2D eigenvalue weighted by Crippen LogP contribution is 2.31. The lowest BCUT2D eigenvalue weighted by Gasteiger charge is -2.31. The van der Waals surface area contributed by atoms with Crippen LogP contribution in [0, 0.1) is 0 Å². The Kier molecular flexibility index (Phi) is 3.27. The molecule has 0 aliphatic carbocycles. The standard InChI is InChI=1S/C11H15N5S2/c1-7-6-16(3-5-17-7)9-8-2-4-18-10(8)14-11(13-9)15-12/h2,4,7H,3,5-6,12H2,1H3,(H,13,14,15). The van der Waals surface area contributed by atoms with Gasteiger partial charge in [-0.05, 0) is 11.4 Å². The molecule has 2 aromatic heterocycles. The first-order valence-electron chi connectivity index (χ1n) is 5.86. The van der Waals surface area contributed by atoms with Crippen molar-refractivity contribution in [2.24, 2.45) is 5.84 Å². The zero-order valence-electron chi connectivity index (χ0n) is 10.1. The van der Waals surface area contributed by atoms with Crippen molar-refractivity contribution in [3.8, 4) is 0 Å². The molecule has 1 fully saturated rings. The molecule has 3 rings (SSSR count). The summed E-state index contributed by atoms with van der Waals surface area (Å²) in [6, 6.07) is 2.09. The maximum Gasteiger partial charge on any atom is 0.240 e. The molecule has 0 aromatic carbocycles. The van der Waals surface area contributed by atoms with Crippen LogP contribution in [-0.2, 0) is 0 Å². The predicted octanol–water partition coefficient (Wildman–Crippen LogP) is 1.92.